The van der Waals surface area contributed by atoms with Gasteiger partial charge in [0, 0.05) is 5.69 Å². The van der Waals surface area contributed by atoms with Crippen molar-refractivity contribution >= 4 is 22.6 Å². The van der Waals surface area contributed by atoms with Gasteiger partial charge < -0.3 is 11.1 Å². The zero-order chi connectivity index (χ0) is 14.7. The molecular formula is C15H15N5O. The van der Waals surface area contributed by atoms with Gasteiger partial charge in [-0.1, -0.05) is 30.3 Å². The predicted molar refractivity (Wildman–Crippen MR) is 80.6 cm³/mol. The molecule has 6 nitrogen and oxygen atoms in total. The van der Waals surface area contributed by atoms with Crippen LogP contribution < -0.4 is 11.1 Å². The summed E-state index contributed by atoms with van der Waals surface area (Å²) in [7, 11) is 0. The molecule has 1 atom stereocenters. The van der Waals surface area contributed by atoms with E-state index >= 15 is 0 Å². The number of rotatable bonds is 4. The number of anilines is 1. The second kappa shape index (κ2) is 5.72. The van der Waals surface area contributed by atoms with E-state index in [0.717, 1.165) is 11.1 Å². The summed E-state index contributed by atoms with van der Waals surface area (Å²) in [6.45, 7) is 0. The molecule has 0 bridgehead atoms. The van der Waals surface area contributed by atoms with Crippen LogP contribution in [0.3, 0.4) is 0 Å². The van der Waals surface area contributed by atoms with Crippen LogP contribution in [0.1, 0.15) is 5.56 Å². The third-order valence-corrected chi connectivity index (χ3v) is 3.22. The van der Waals surface area contributed by atoms with Crippen LogP contribution >= 0.6 is 0 Å². The Morgan fingerprint density at radius 1 is 1.14 bits per heavy atom. The van der Waals surface area contributed by atoms with Crippen LogP contribution in [0.4, 0.5) is 5.69 Å². The molecule has 106 valence electrons. The molecule has 0 radical (unpaired) electrons. The summed E-state index contributed by atoms with van der Waals surface area (Å²) in [5.41, 5.74) is 9.09. The van der Waals surface area contributed by atoms with Gasteiger partial charge in [0.25, 0.3) is 0 Å². The molecule has 21 heavy (non-hydrogen) atoms. The number of carbonyl (C=O) groups excluding carboxylic acids is 1. The Morgan fingerprint density at radius 2 is 1.90 bits per heavy atom. The van der Waals surface area contributed by atoms with Crippen molar-refractivity contribution in [1.82, 2.24) is 15.4 Å². The third kappa shape index (κ3) is 3.06. The lowest BCUT2D eigenvalue weighted by Crippen LogP contribution is -2.37. The van der Waals surface area contributed by atoms with Gasteiger partial charge in [-0.15, -0.1) is 0 Å². The van der Waals surface area contributed by atoms with Crippen molar-refractivity contribution in [2.24, 2.45) is 5.73 Å². The maximum Gasteiger partial charge on any atom is 0.241 e. The minimum atomic E-state index is -0.597. The van der Waals surface area contributed by atoms with Crippen LogP contribution in [0, 0.1) is 0 Å². The summed E-state index contributed by atoms with van der Waals surface area (Å²) in [6.07, 6.45) is 0.499. The highest BCUT2D eigenvalue weighted by molar-refractivity contribution is 5.96. The number of benzene rings is 2. The van der Waals surface area contributed by atoms with E-state index in [9.17, 15) is 4.79 Å². The second-order valence-corrected chi connectivity index (χ2v) is 4.81. The van der Waals surface area contributed by atoms with E-state index < -0.39 is 6.04 Å². The minimum absolute atomic E-state index is 0.221. The molecule has 0 aliphatic carbocycles. The summed E-state index contributed by atoms with van der Waals surface area (Å²) in [5.74, 6) is -0.221. The van der Waals surface area contributed by atoms with Crippen LogP contribution in [0.2, 0.25) is 0 Å². The number of carbonyl (C=O) groups is 1. The summed E-state index contributed by atoms with van der Waals surface area (Å²) >= 11 is 0. The molecule has 1 heterocycles. The molecule has 0 saturated heterocycles. The van der Waals surface area contributed by atoms with Crippen molar-refractivity contribution in [1.29, 1.82) is 0 Å². The van der Waals surface area contributed by atoms with Crippen LogP contribution in [0.5, 0.6) is 0 Å². The summed E-state index contributed by atoms with van der Waals surface area (Å²) < 4.78 is 0. The molecule has 0 unspecified atom stereocenters. The number of aromatic nitrogens is 3. The van der Waals surface area contributed by atoms with Gasteiger partial charge in [-0.2, -0.15) is 15.4 Å². The maximum atomic E-state index is 12.1. The number of nitrogens with one attached hydrogen (secondary N) is 2. The molecule has 0 fully saturated rings. The van der Waals surface area contributed by atoms with E-state index in [4.69, 9.17) is 5.73 Å². The van der Waals surface area contributed by atoms with E-state index in [1.165, 1.54) is 0 Å². The largest absolute Gasteiger partial charge is 0.325 e. The summed E-state index contributed by atoms with van der Waals surface area (Å²) in [5, 5.41) is 13.3. The zero-order valence-corrected chi connectivity index (χ0v) is 11.3. The van der Waals surface area contributed by atoms with Gasteiger partial charge in [0.2, 0.25) is 5.91 Å². The van der Waals surface area contributed by atoms with Gasteiger partial charge in [-0.25, -0.2) is 0 Å². The van der Waals surface area contributed by atoms with Crippen LogP contribution in [-0.2, 0) is 11.2 Å². The highest BCUT2D eigenvalue weighted by Gasteiger charge is 2.14. The Kier molecular flexibility index (Phi) is 3.61. The molecule has 1 amide bonds. The first-order valence-electron chi connectivity index (χ1n) is 6.63. The van der Waals surface area contributed by atoms with Crippen molar-refractivity contribution in [3.05, 3.63) is 54.1 Å². The van der Waals surface area contributed by atoms with Gasteiger partial charge in [0.05, 0.1) is 6.04 Å². The molecule has 6 heteroatoms. The third-order valence-electron chi connectivity index (χ3n) is 3.22. The molecule has 3 rings (SSSR count). The van der Waals surface area contributed by atoms with E-state index in [-0.39, 0.29) is 5.91 Å². The Morgan fingerprint density at radius 3 is 2.71 bits per heavy atom. The number of nitrogens with zero attached hydrogens (tertiary/aromatic N) is 2. The number of hydrogen-bond donors (Lipinski definition) is 3. The topological polar surface area (TPSA) is 96.7 Å². The Balaban J connectivity index is 1.67. The smallest absolute Gasteiger partial charge is 0.241 e. The molecule has 0 aliphatic rings. The Bertz CT molecular complexity index is 753. The Hall–Kier alpha value is -2.73. The van der Waals surface area contributed by atoms with Crippen LogP contribution in [-0.4, -0.2) is 27.4 Å². The summed E-state index contributed by atoms with van der Waals surface area (Å²) in [6, 6.07) is 14.4. The highest BCUT2D eigenvalue weighted by atomic mass is 16.2. The van der Waals surface area contributed by atoms with Crippen LogP contribution in [0.25, 0.3) is 11.0 Å². The monoisotopic (exact) mass is 281 g/mol. The average molecular weight is 281 g/mol. The lowest BCUT2D eigenvalue weighted by Gasteiger charge is -2.12. The number of aromatic amines is 1. The van der Waals surface area contributed by atoms with E-state index in [2.05, 4.69) is 20.7 Å². The first kappa shape index (κ1) is 13.3. The fourth-order valence-corrected chi connectivity index (χ4v) is 2.11. The SMILES string of the molecule is N[C@H](Cc1ccccc1)C(=O)Nc1ccc2n[nH]nc2c1. The van der Waals surface area contributed by atoms with Gasteiger partial charge in [0.15, 0.2) is 0 Å². The molecule has 0 saturated carbocycles. The molecule has 0 spiro atoms. The van der Waals surface area contributed by atoms with E-state index in [1.54, 1.807) is 18.2 Å². The first-order valence-corrected chi connectivity index (χ1v) is 6.63. The maximum absolute atomic E-state index is 12.1. The number of nitrogens with two attached hydrogens (primary N) is 1. The predicted octanol–water partition coefficient (Wildman–Crippen LogP) is 1.47. The summed E-state index contributed by atoms with van der Waals surface area (Å²) in [4.78, 5) is 12.1. The van der Waals surface area contributed by atoms with Gasteiger partial charge in [-0.3, -0.25) is 4.79 Å². The lowest BCUT2D eigenvalue weighted by atomic mass is 10.1. The zero-order valence-electron chi connectivity index (χ0n) is 11.3. The molecule has 1 aromatic heterocycles. The number of hydrogen-bond acceptors (Lipinski definition) is 4. The van der Waals surface area contributed by atoms with Crippen LogP contribution in [0.15, 0.2) is 48.5 Å². The normalized spacial score (nSPS) is 12.2. The molecule has 2 aromatic carbocycles. The highest BCUT2D eigenvalue weighted by Crippen LogP contribution is 2.15. The van der Waals surface area contributed by atoms with Crippen molar-refractivity contribution in [3.63, 3.8) is 0 Å². The van der Waals surface area contributed by atoms with E-state index in [0.29, 0.717) is 17.6 Å². The fourth-order valence-electron chi connectivity index (χ4n) is 2.11. The molecule has 3 aromatic rings. The standard InChI is InChI=1S/C15H15N5O/c16-12(8-10-4-2-1-3-5-10)15(21)17-11-6-7-13-14(9-11)19-20-18-13/h1-7,9,12H,8,16H2,(H,17,21)(H,18,19,20)/t12-/m1/s1. The first-order chi connectivity index (χ1) is 10.2. The van der Waals surface area contributed by atoms with Crippen molar-refractivity contribution in [3.8, 4) is 0 Å². The number of H-pyrrole nitrogens is 1. The number of fused-ring (bicyclic) bond motifs is 1. The second-order valence-electron chi connectivity index (χ2n) is 4.81. The van der Waals surface area contributed by atoms with Crippen molar-refractivity contribution in [2.45, 2.75) is 12.5 Å². The van der Waals surface area contributed by atoms with Gasteiger partial charge in [0.1, 0.15) is 11.0 Å². The molecular weight excluding hydrogens is 266 g/mol. The minimum Gasteiger partial charge on any atom is -0.325 e. The lowest BCUT2D eigenvalue weighted by molar-refractivity contribution is -0.117. The van der Waals surface area contributed by atoms with Crippen molar-refractivity contribution < 1.29 is 4.79 Å². The average Bonchev–Trinajstić information content (AvgIpc) is 2.95. The van der Waals surface area contributed by atoms with Crippen molar-refractivity contribution in [2.75, 3.05) is 5.32 Å². The fraction of sp³-hybridized carbons (Fsp3) is 0.133. The van der Waals surface area contributed by atoms with Gasteiger partial charge in [-0.05, 0) is 30.2 Å². The van der Waals surface area contributed by atoms with E-state index in [1.807, 2.05) is 30.3 Å². The van der Waals surface area contributed by atoms with Gasteiger partial charge >= 0.3 is 0 Å². The molecule has 0 aliphatic heterocycles. The quantitative estimate of drug-likeness (QED) is 0.674. The number of amides is 1. The molecule has 4 N–H and O–H groups in total. The Labute approximate surface area is 121 Å².